The minimum Gasteiger partial charge on any atom is -0.325 e. The number of carbonyl (C=O) groups excluding carboxylic acids is 1. The summed E-state index contributed by atoms with van der Waals surface area (Å²) in [6, 6.07) is 16.1. The van der Waals surface area contributed by atoms with Crippen molar-refractivity contribution in [2.75, 3.05) is 18.4 Å². The molecule has 0 aromatic heterocycles. The van der Waals surface area contributed by atoms with E-state index in [2.05, 4.69) is 50.8 Å². The highest BCUT2D eigenvalue weighted by atomic mass is 79.9. The molecule has 3 nitrogen and oxygen atoms in total. The predicted molar refractivity (Wildman–Crippen MR) is 88.5 cm³/mol. The van der Waals surface area contributed by atoms with Crippen LogP contribution in [0.2, 0.25) is 0 Å². The third-order valence-corrected chi connectivity index (χ3v) is 4.24. The van der Waals surface area contributed by atoms with Crippen molar-refractivity contribution < 1.29 is 4.79 Å². The van der Waals surface area contributed by atoms with Gasteiger partial charge in [0.2, 0.25) is 5.91 Å². The van der Waals surface area contributed by atoms with Gasteiger partial charge in [0.05, 0.1) is 6.54 Å². The molecule has 1 aliphatic rings. The lowest BCUT2D eigenvalue weighted by Gasteiger charge is -2.30. The Morgan fingerprint density at radius 3 is 2.86 bits per heavy atom. The summed E-state index contributed by atoms with van der Waals surface area (Å²) in [6.45, 7) is 1.19. The fourth-order valence-electron chi connectivity index (χ4n) is 2.68. The van der Waals surface area contributed by atoms with Gasteiger partial charge in [0.25, 0.3) is 0 Å². The number of amides is 1. The van der Waals surface area contributed by atoms with Crippen molar-refractivity contribution in [3.63, 3.8) is 0 Å². The van der Waals surface area contributed by atoms with Crippen molar-refractivity contribution in [2.24, 2.45) is 0 Å². The average molecular weight is 345 g/mol. The number of anilines is 1. The quantitative estimate of drug-likeness (QED) is 0.873. The second-order valence-corrected chi connectivity index (χ2v) is 6.20. The molecular weight excluding hydrogens is 328 g/mol. The van der Waals surface area contributed by atoms with Gasteiger partial charge in [-0.15, -0.1) is 0 Å². The van der Waals surface area contributed by atoms with Gasteiger partial charge in [-0.05, 0) is 35.7 Å². The zero-order valence-electron chi connectivity index (χ0n) is 11.6. The Bertz CT molecular complexity index is 657. The standard InChI is InChI=1S/C17H17BrN2O/c18-14-5-3-6-15(9-14)20-17(21)11-19-10-13-8-12-4-1-2-7-16(12)13/h1-7,9,13,19H,8,10-11H2,(H,20,21). The predicted octanol–water partition coefficient (Wildman–Crippen LogP) is 3.32. The summed E-state index contributed by atoms with van der Waals surface area (Å²) in [4.78, 5) is 11.9. The molecular formula is C17H17BrN2O. The highest BCUT2D eigenvalue weighted by Gasteiger charge is 2.24. The third kappa shape index (κ3) is 3.52. The van der Waals surface area contributed by atoms with Crippen LogP contribution in [0.3, 0.4) is 0 Å². The average Bonchev–Trinajstić information content (AvgIpc) is 2.44. The molecule has 1 aliphatic carbocycles. The van der Waals surface area contributed by atoms with Crippen molar-refractivity contribution in [3.05, 3.63) is 64.1 Å². The van der Waals surface area contributed by atoms with Gasteiger partial charge in [-0.25, -0.2) is 0 Å². The molecule has 108 valence electrons. The van der Waals surface area contributed by atoms with Crippen LogP contribution >= 0.6 is 15.9 Å². The lowest BCUT2D eigenvalue weighted by molar-refractivity contribution is -0.115. The molecule has 2 N–H and O–H groups in total. The minimum atomic E-state index is -0.0132. The molecule has 0 saturated carbocycles. The van der Waals surface area contributed by atoms with Crippen molar-refractivity contribution in [1.82, 2.24) is 5.32 Å². The van der Waals surface area contributed by atoms with Crippen LogP contribution in [-0.2, 0) is 11.2 Å². The number of carbonyl (C=O) groups is 1. The molecule has 0 heterocycles. The molecule has 0 fully saturated rings. The summed E-state index contributed by atoms with van der Waals surface area (Å²) in [7, 11) is 0. The Labute approximate surface area is 132 Å². The number of hydrogen-bond acceptors (Lipinski definition) is 2. The van der Waals surface area contributed by atoms with E-state index in [0.717, 1.165) is 23.1 Å². The first kappa shape index (κ1) is 14.3. The van der Waals surface area contributed by atoms with E-state index in [4.69, 9.17) is 0 Å². The normalized spacial score (nSPS) is 16.0. The Morgan fingerprint density at radius 1 is 1.19 bits per heavy atom. The van der Waals surface area contributed by atoms with E-state index < -0.39 is 0 Å². The van der Waals surface area contributed by atoms with Crippen molar-refractivity contribution >= 4 is 27.5 Å². The molecule has 2 aromatic carbocycles. The van der Waals surface area contributed by atoms with E-state index in [9.17, 15) is 4.79 Å². The number of fused-ring (bicyclic) bond motifs is 1. The number of halogens is 1. The summed E-state index contributed by atoms with van der Waals surface area (Å²) in [5.74, 6) is 0.528. The molecule has 0 radical (unpaired) electrons. The van der Waals surface area contributed by atoms with Gasteiger partial charge in [-0.1, -0.05) is 46.3 Å². The maximum absolute atomic E-state index is 11.9. The Kier molecular flexibility index (Phi) is 4.36. The van der Waals surface area contributed by atoms with Gasteiger partial charge in [-0.2, -0.15) is 0 Å². The largest absolute Gasteiger partial charge is 0.325 e. The zero-order chi connectivity index (χ0) is 14.7. The number of hydrogen-bond donors (Lipinski definition) is 2. The summed E-state index contributed by atoms with van der Waals surface area (Å²) in [5.41, 5.74) is 3.66. The Morgan fingerprint density at radius 2 is 2.05 bits per heavy atom. The SMILES string of the molecule is O=C(CNCC1Cc2ccccc21)Nc1cccc(Br)c1. The molecule has 0 aliphatic heterocycles. The first-order valence-electron chi connectivity index (χ1n) is 7.06. The van der Waals surface area contributed by atoms with Crippen molar-refractivity contribution in [2.45, 2.75) is 12.3 Å². The van der Waals surface area contributed by atoms with Crippen LogP contribution in [0.15, 0.2) is 53.0 Å². The number of nitrogens with one attached hydrogen (secondary N) is 2. The first-order chi connectivity index (χ1) is 10.2. The summed E-state index contributed by atoms with van der Waals surface area (Å²) >= 11 is 3.39. The van der Waals surface area contributed by atoms with E-state index in [1.165, 1.54) is 11.1 Å². The molecule has 21 heavy (non-hydrogen) atoms. The van der Waals surface area contributed by atoms with Crippen molar-refractivity contribution in [1.29, 1.82) is 0 Å². The smallest absolute Gasteiger partial charge is 0.238 e. The summed E-state index contributed by atoms with van der Waals surface area (Å²) in [6.07, 6.45) is 1.11. The van der Waals surface area contributed by atoms with Crippen LogP contribution in [0.25, 0.3) is 0 Å². The Balaban J connectivity index is 1.43. The zero-order valence-corrected chi connectivity index (χ0v) is 13.2. The highest BCUT2D eigenvalue weighted by molar-refractivity contribution is 9.10. The summed E-state index contributed by atoms with van der Waals surface area (Å²) < 4.78 is 0.958. The maximum Gasteiger partial charge on any atom is 0.238 e. The molecule has 1 amide bonds. The fraction of sp³-hybridized carbons (Fsp3) is 0.235. The van der Waals surface area contributed by atoms with Gasteiger partial charge in [0.15, 0.2) is 0 Å². The van der Waals surface area contributed by atoms with Gasteiger partial charge in [-0.3, -0.25) is 4.79 Å². The van der Waals surface area contributed by atoms with Crippen LogP contribution in [-0.4, -0.2) is 19.0 Å². The van der Waals surface area contributed by atoms with E-state index >= 15 is 0 Å². The van der Waals surface area contributed by atoms with Crippen LogP contribution in [0.4, 0.5) is 5.69 Å². The van der Waals surface area contributed by atoms with E-state index in [0.29, 0.717) is 12.5 Å². The molecule has 0 bridgehead atoms. The van der Waals surface area contributed by atoms with Crippen LogP contribution in [0.5, 0.6) is 0 Å². The highest BCUT2D eigenvalue weighted by Crippen LogP contribution is 2.33. The first-order valence-corrected chi connectivity index (χ1v) is 7.85. The molecule has 0 saturated heterocycles. The Hall–Kier alpha value is -1.65. The van der Waals surface area contributed by atoms with Crippen LogP contribution in [0, 0.1) is 0 Å². The molecule has 3 rings (SSSR count). The second-order valence-electron chi connectivity index (χ2n) is 5.29. The molecule has 0 spiro atoms. The van der Waals surface area contributed by atoms with Crippen LogP contribution in [0.1, 0.15) is 17.0 Å². The van der Waals surface area contributed by atoms with E-state index in [-0.39, 0.29) is 5.91 Å². The maximum atomic E-state index is 11.9. The topological polar surface area (TPSA) is 41.1 Å². The van der Waals surface area contributed by atoms with E-state index in [1.54, 1.807) is 0 Å². The third-order valence-electron chi connectivity index (χ3n) is 3.75. The van der Waals surface area contributed by atoms with E-state index in [1.807, 2.05) is 24.3 Å². The van der Waals surface area contributed by atoms with Crippen LogP contribution < -0.4 is 10.6 Å². The number of rotatable bonds is 5. The molecule has 4 heteroatoms. The lowest BCUT2D eigenvalue weighted by Crippen LogP contribution is -2.34. The minimum absolute atomic E-state index is 0.0132. The van der Waals surface area contributed by atoms with Gasteiger partial charge < -0.3 is 10.6 Å². The lowest BCUT2D eigenvalue weighted by atomic mass is 9.78. The molecule has 1 unspecified atom stereocenters. The molecule has 1 atom stereocenters. The van der Waals surface area contributed by atoms with Gasteiger partial charge in [0, 0.05) is 22.6 Å². The van der Waals surface area contributed by atoms with Gasteiger partial charge in [0.1, 0.15) is 0 Å². The number of benzene rings is 2. The van der Waals surface area contributed by atoms with Gasteiger partial charge >= 0.3 is 0 Å². The fourth-order valence-corrected chi connectivity index (χ4v) is 3.08. The van der Waals surface area contributed by atoms with Crippen molar-refractivity contribution in [3.8, 4) is 0 Å². The summed E-state index contributed by atoms with van der Waals surface area (Å²) in [5, 5.41) is 6.12. The second kappa shape index (κ2) is 6.41. The monoisotopic (exact) mass is 344 g/mol. The molecule has 2 aromatic rings.